The highest BCUT2D eigenvalue weighted by atomic mass is 15.2. The maximum Gasteiger partial charge on any atom is 0.191 e. The Labute approximate surface area is 147 Å². The van der Waals surface area contributed by atoms with Gasteiger partial charge in [0.2, 0.25) is 0 Å². The molecule has 1 aromatic carbocycles. The molecule has 0 heterocycles. The smallest absolute Gasteiger partial charge is 0.191 e. The Morgan fingerprint density at radius 1 is 1.12 bits per heavy atom. The van der Waals surface area contributed by atoms with Gasteiger partial charge in [-0.3, -0.25) is 9.89 Å². The number of hydrogen-bond donors (Lipinski definition) is 2. The van der Waals surface area contributed by atoms with Gasteiger partial charge in [0.05, 0.1) is 0 Å². The van der Waals surface area contributed by atoms with Crippen molar-refractivity contribution in [3.63, 3.8) is 0 Å². The van der Waals surface area contributed by atoms with Gasteiger partial charge in [0.25, 0.3) is 0 Å². The average molecular weight is 331 g/mol. The van der Waals surface area contributed by atoms with Crippen molar-refractivity contribution in [3.8, 4) is 0 Å². The summed E-state index contributed by atoms with van der Waals surface area (Å²) in [5, 5.41) is 6.76. The number of hydrogen-bond acceptors (Lipinski definition) is 2. The topological polar surface area (TPSA) is 39.7 Å². The van der Waals surface area contributed by atoms with E-state index in [2.05, 4.69) is 58.8 Å². The fraction of sp³-hybridized carbons (Fsp3) is 0.650. The number of aliphatic imine (C=N–C) groups is 1. The molecule has 24 heavy (non-hydrogen) atoms. The first kappa shape index (κ1) is 18.8. The standard InChI is InChI=1S/C20H34N4/c1-4-14-22-20(21-2)23-15-17-10-8-9-11-18(17)16-24(3)19-12-6-5-7-13-19/h8-11,19H,4-7,12-16H2,1-3H3,(H2,21,22,23). The number of nitrogens with one attached hydrogen (secondary N) is 2. The third-order valence-corrected chi connectivity index (χ3v) is 4.95. The van der Waals surface area contributed by atoms with E-state index in [9.17, 15) is 0 Å². The molecule has 0 saturated heterocycles. The summed E-state index contributed by atoms with van der Waals surface area (Å²) < 4.78 is 0. The third-order valence-electron chi connectivity index (χ3n) is 4.95. The van der Waals surface area contributed by atoms with Gasteiger partial charge >= 0.3 is 0 Å². The molecule has 1 aliphatic rings. The van der Waals surface area contributed by atoms with Crippen molar-refractivity contribution >= 4 is 5.96 Å². The molecule has 4 nitrogen and oxygen atoms in total. The summed E-state index contributed by atoms with van der Waals surface area (Å²) in [4.78, 5) is 6.83. The second-order valence-electron chi connectivity index (χ2n) is 6.83. The van der Waals surface area contributed by atoms with Crippen LogP contribution in [0.3, 0.4) is 0 Å². The molecule has 0 radical (unpaired) electrons. The maximum absolute atomic E-state index is 4.29. The SMILES string of the molecule is CCCNC(=NC)NCc1ccccc1CN(C)C1CCCCC1. The summed E-state index contributed by atoms with van der Waals surface area (Å²) in [7, 11) is 4.11. The largest absolute Gasteiger partial charge is 0.356 e. The first-order chi connectivity index (χ1) is 11.7. The molecule has 2 rings (SSSR count). The molecule has 0 bridgehead atoms. The summed E-state index contributed by atoms with van der Waals surface area (Å²) >= 11 is 0. The zero-order valence-corrected chi connectivity index (χ0v) is 15.6. The molecule has 0 unspecified atom stereocenters. The minimum absolute atomic E-state index is 0.749. The van der Waals surface area contributed by atoms with Gasteiger partial charge in [0.1, 0.15) is 0 Å². The second-order valence-corrected chi connectivity index (χ2v) is 6.83. The normalized spacial score (nSPS) is 16.4. The van der Waals surface area contributed by atoms with Crippen molar-refractivity contribution in [2.75, 3.05) is 20.6 Å². The molecule has 1 aromatic rings. The predicted octanol–water partition coefficient (Wildman–Crippen LogP) is 3.53. The minimum atomic E-state index is 0.749. The lowest BCUT2D eigenvalue weighted by Crippen LogP contribution is -2.37. The average Bonchev–Trinajstić information content (AvgIpc) is 2.63. The highest BCUT2D eigenvalue weighted by molar-refractivity contribution is 5.79. The van der Waals surface area contributed by atoms with Gasteiger partial charge < -0.3 is 10.6 Å². The highest BCUT2D eigenvalue weighted by Gasteiger charge is 2.18. The predicted molar refractivity (Wildman–Crippen MR) is 103 cm³/mol. The Kier molecular flexibility index (Phi) is 8.10. The molecular weight excluding hydrogens is 296 g/mol. The van der Waals surface area contributed by atoms with Crippen molar-refractivity contribution in [2.24, 2.45) is 4.99 Å². The Hall–Kier alpha value is -1.55. The minimum Gasteiger partial charge on any atom is -0.356 e. The van der Waals surface area contributed by atoms with Crippen LogP contribution in [0, 0.1) is 0 Å². The molecule has 0 atom stereocenters. The molecule has 0 aliphatic heterocycles. The lowest BCUT2D eigenvalue weighted by Gasteiger charge is -2.31. The van der Waals surface area contributed by atoms with E-state index in [1.807, 2.05) is 7.05 Å². The third kappa shape index (κ3) is 5.82. The van der Waals surface area contributed by atoms with Crippen LogP contribution in [0.5, 0.6) is 0 Å². The van der Waals surface area contributed by atoms with Crippen molar-refractivity contribution in [1.29, 1.82) is 0 Å². The van der Waals surface area contributed by atoms with E-state index in [1.54, 1.807) is 0 Å². The van der Waals surface area contributed by atoms with Gasteiger partial charge in [-0.1, -0.05) is 50.5 Å². The lowest BCUT2D eigenvalue weighted by molar-refractivity contribution is 0.184. The van der Waals surface area contributed by atoms with Crippen LogP contribution in [0.15, 0.2) is 29.3 Å². The number of rotatable bonds is 7. The van der Waals surface area contributed by atoms with E-state index in [-0.39, 0.29) is 0 Å². The van der Waals surface area contributed by atoms with Crippen molar-refractivity contribution in [1.82, 2.24) is 15.5 Å². The van der Waals surface area contributed by atoms with Gasteiger partial charge in [0, 0.05) is 32.7 Å². The van der Waals surface area contributed by atoms with E-state index in [0.29, 0.717) is 0 Å². The van der Waals surface area contributed by atoms with Gasteiger partial charge in [0.15, 0.2) is 5.96 Å². The van der Waals surface area contributed by atoms with Crippen molar-refractivity contribution in [2.45, 2.75) is 64.6 Å². The fourth-order valence-electron chi connectivity index (χ4n) is 3.45. The molecule has 1 saturated carbocycles. The molecule has 0 spiro atoms. The lowest BCUT2D eigenvalue weighted by atomic mass is 9.94. The van der Waals surface area contributed by atoms with Crippen LogP contribution in [0.25, 0.3) is 0 Å². The van der Waals surface area contributed by atoms with E-state index in [0.717, 1.165) is 38.1 Å². The quantitative estimate of drug-likeness (QED) is 0.593. The zero-order valence-electron chi connectivity index (χ0n) is 15.6. The Morgan fingerprint density at radius 2 is 1.83 bits per heavy atom. The second kappa shape index (κ2) is 10.3. The number of benzene rings is 1. The molecular formula is C20H34N4. The Balaban J connectivity index is 1.93. The van der Waals surface area contributed by atoms with Crippen LogP contribution in [-0.2, 0) is 13.1 Å². The summed E-state index contributed by atoms with van der Waals surface area (Å²) in [6, 6.07) is 9.52. The van der Waals surface area contributed by atoms with Gasteiger partial charge in [-0.05, 0) is 37.4 Å². The summed E-state index contributed by atoms with van der Waals surface area (Å²) in [5.41, 5.74) is 2.78. The zero-order chi connectivity index (χ0) is 17.2. The molecule has 4 heteroatoms. The first-order valence-electron chi connectivity index (χ1n) is 9.46. The summed E-state index contributed by atoms with van der Waals surface area (Å²) in [5.74, 6) is 0.882. The molecule has 1 fully saturated rings. The fourth-order valence-corrected chi connectivity index (χ4v) is 3.45. The van der Waals surface area contributed by atoms with Crippen LogP contribution >= 0.6 is 0 Å². The maximum atomic E-state index is 4.29. The van der Waals surface area contributed by atoms with Crippen molar-refractivity contribution < 1.29 is 0 Å². The number of guanidine groups is 1. The Bertz CT molecular complexity index is 506. The molecule has 2 N–H and O–H groups in total. The summed E-state index contributed by atoms with van der Waals surface area (Å²) in [6.45, 7) is 4.96. The van der Waals surface area contributed by atoms with Crippen LogP contribution in [0.1, 0.15) is 56.6 Å². The van der Waals surface area contributed by atoms with Gasteiger partial charge in [-0.15, -0.1) is 0 Å². The summed E-state index contributed by atoms with van der Waals surface area (Å²) in [6.07, 6.45) is 7.99. The Morgan fingerprint density at radius 3 is 2.50 bits per heavy atom. The van der Waals surface area contributed by atoms with Gasteiger partial charge in [-0.2, -0.15) is 0 Å². The van der Waals surface area contributed by atoms with E-state index in [1.165, 1.54) is 43.2 Å². The van der Waals surface area contributed by atoms with E-state index in [4.69, 9.17) is 0 Å². The monoisotopic (exact) mass is 330 g/mol. The van der Waals surface area contributed by atoms with E-state index < -0.39 is 0 Å². The van der Waals surface area contributed by atoms with Crippen LogP contribution in [-0.4, -0.2) is 37.5 Å². The van der Waals surface area contributed by atoms with Crippen LogP contribution in [0.4, 0.5) is 0 Å². The molecule has 1 aliphatic carbocycles. The van der Waals surface area contributed by atoms with Crippen LogP contribution in [0.2, 0.25) is 0 Å². The molecule has 0 aromatic heterocycles. The van der Waals surface area contributed by atoms with Crippen LogP contribution < -0.4 is 10.6 Å². The molecule has 134 valence electrons. The first-order valence-corrected chi connectivity index (χ1v) is 9.46. The van der Waals surface area contributed by atoms with Crippen molar-refractivity contribution in [3.05, 3.63) is 35.4 Å². The number of nitrogens with zero attached hydrogens (tertiary/aromatic N) is 2. The van der Waals surface area contributed by atoms with Gasteiger partial charge in [-0.25, -0.2) is 0 Å². The molecule has 0 amide bonds. The van der Waals surface area contributed by atoms with E-state index >= 15 is 0 Å². The highest BCUT2D eigenvalue weighted by Crippen LogP contribution is 2.23.